The summed E-state index contributed by atoms with van der Waals surface area (Å²) < 4.78 is 5.19. The minimum Gasteiger partial charge on any atom is -0.480 e. The average Bonchev–Trinajstić information content (AvgIpc) is 2.17. The molecule has 1 fully saturated rings. The summed E-state index contributed by atoms with van der Waals surface area (Å²) in [6.07, 6.45) is -0.570. The Labute approximate surface area is 87.6 Å². The van der Waals surface area contributed by atoms with E-state index in [1.165, 1.54) is 0 Å². The van der Waals surface area contributed by atoms with E-state index in [0.717, 1.165) is 0 Å². The van der Waals surface area contributed by atoms with Crippen molar-refractivity contribution in [1.29, 1.82) is 0 Å². The molecule has 0 aliphatic carbocycles. The number of hydrogen-bond acceptors (Lipinski definition) is 6. The van der Waals surface area contributed by atoms with Crippen molar-refractivity contribution in [2.24, 2.45) is 0 Å². The highest BCUT2D eigenvalue weighted by Gasteiger charge is 2.31. The third kappa shape index (κ3) is 4.14. The topological polar surface area (TPSA) is 111 Å². The smallest absolute Gasteiger partial charge is 0.453 e. The summed E-state index contributed by atoms with van der Waals surface area (Å²) in [5.74, 6) is -0.989. The van der Waals surface area contributed by atoms with Crippen molar-refractivity contribution in [3.63, 3.8) is 0 Å². The predicted molar refractivity (Wildman–Crippen MR) is 52.2 cm³/mol. The largest absolute Gasteiger partial charge is 0.480 e. The van der Waals surface area contributed by atoms with Gasteiger partial charge in [0.25, 0.3) is 0 Å². The summed E-state index contributed by atoms with van der Waals surface area (Å²) in [6.45, 7) is 1.29. The quantitative estimate of drug-likeness (QED) is 0.323. The van der Waals surface area contributed by atoms with E-state index in [1.807, 2.05) is 0 Å². The Kier molecular flexibility index (Phi) is 4.99. The van der Waals surface area contributed by atoms with E-state index >= 15 is 0 Å². The van der Waals surface area contributed by atoms with Crippen LogP contribution in [0.4, 0.5) is 0 Å². The van der Waals surface area contributed by atoms with E-state index in [1.54, 1.807) is 0 Å². The van der Waals surface area contributed by atoms with Crippen LogP contribution >= 0.6 is 0 Å². The molecule has 86 valence electrons. The van der Waals surface area contributed by atoms with Gasteiger partial charge in [0.15, 0.2) is 0 Å². The number of carboxylic acids is 1. The lowest BCUT2D eigenvalue weighted by Crippen LogP contribution is -2.60. The van der Waals surface area contributed by atoms with E-state index in [0.29, 0.717) is 13.1 Å². The van der Waals surface area contributed by atoms with Crippen molar-refractivity contribution in [2.45, 2.75) is 18.6 Å². The molecule has 8 heteroatoms. The molecule has 0 spiro atoms. The van der Waals surface area contributed by atoms with E-state index in [2.05, 4.69) is 10.6 Å². The summed E-state index contributed by atoms with van der Waals surface area (Å²) in [7, 11) is -1.43. The van der Waals surface area contributed by atoms with Crippen LogP contribution in [0.2, 0.25) is 6.32 Å². The van der Waals surface area contributed by atoms with Crippen LogP contribution in [-0.4, -0.2) is 60.2 Å². The van der Waals surface area contributed by atoms with E-state index < -0.39 is 25.4 Å². The van der Waals surface area contributed by atoms with Crippen LogP contribution in [-0.2, 0) is 9.53 Å². The zero-order valence-electron chi connectivity index (χ0n) is 8.22. The highest BCUT2D eigenvalue weighted by Crippen LogP contribution is 2.02. The fourth-order valence-corrected chi connectivity index (χ4v) is 1.34. The molecule has 2 atom stereocenters. The predicted octanol–water partition coefficient (Wildman–Crippen LogP) is -2.55. The zero-order chi connectivity index (χ0) is 11.3. The fourth-order valence-electron chi connectivity index (χ4n) is 1.34. The van der Waals surface area contributed by atoms with Gasteiger partial charge in [0.05, 0.1) is 0 Å². The molecule has 0 saturated carbocycles. The summed E-state index contributed by atoms with van der Waals surface area (Å²) in [4.78, 5) is 10.8. The average molecular weight is 218 g/mol. The van der Waals surface area contributed by atoms with Crippen LogP contribution < -0.4 is 10.6 Å². The summed E-state index contributed by atoms with van der Waals surface area (Å²) in [6, 6.07) is -0.797. The van der Waals surface area contributed by atoms with E-state index in [-0.39, 0.29) is 12.9 Å². The van der Waals surface area contributed by atoms with Crippen LogP contribution in [0.15, 0.2) is 0 Å². The molecule has 0 radical (unpaired) electrons. The lowest BCUT2D eigenvalue weighted by atomic mass is 9.87. The highest BCUT2D eigenvalue weighted by molar-refractivity contribution is 6.41. The highest BCUT2D eigenvalue weighted by atomic mass is 16.5. The maximum absolute atomic E-state index is 10.8. The Morgan fingerprint density at radius 3 is 2.67 bits per heavy atom. The summed E-state index contributed by atoms with van der Waals surface area (Å²) in [5.41, 5.74) is 0. The lowest BCUT2D eigenvalue weighted by molar-refractivity contribution is -0.145. The molecule has 1 saturated heterocycles. The number of ether oxygens (including phenoxy) is 1. The van der Waals surface area contributed by atoms with Gasteiger partial charge in [0.1, 0.15) is 12.3 Å². The van der Waals surface area contributed by atoms with Crippen LogP contribution in [0.3, 0.4) is 0 Å². The normalized spacial score (nSPS) is 26.3. The van der Waals surface area contributed by atoms with Gasteiger partial charge in [-0.15, -0.1) is 0 Å². The first kappa shape index (κ1) is 12.4. The molecule has 0 aromatic carbocycles. The molecule has 1 heterocycles. The fraction of sp³-hybridized carbons (Fsp3) is 0.857. The van der Waals surface area contributed by atoms with Gasteiger partial charge in [-0.05, 0) is 0 Å². The number of piperazine rings is 1. The Morgan fingerprint density at radius 2 is 2.07 bits per heavy atom. The second-order valence-corrected chi connectivity index (χ2v) is 3.28. The number of rotatable bonds is 5. The number of nitrogens with one attached hydrogen (secondary N) is 2. The van der Waals surface area contributed by atoms with Gasteiger partial charge in [-0.25, -0.2) is 0 Å². The van der Waals surface area contributed by atoms with Gasteiger partial charge in [0, 0.05) is 26.0 Å². The molecular weight excluding hydrogens is 203 g/mol. The first-order chi connectivity index (χ1) is 7.11. The molecule has 0 amide bonds. The minimum atomic E-state index is -1.43. The van der Waals surface area contributed by atoms with Crippen molar-refractivity contribution in [1.82, 2.24) is 10.6 Å². The maximum atomic E-state index is 10.8. The summed E-state index contributed by atoms with van der Waals surface area (Å²) >= 11 is 0. The van der Waals surface area contributed by atoms with Crippen LogP contribution in [0, 0.1) is 0 Å². The van der Waals surface area contributed by atoms with Crippen molar-refractivity contribution in [3.05, 3.63) is 0 Å². The Morgan fingerprint density at radius 1 is 1.40 bits per heavy atom. The SMILES string of the molecule is O=C(O)C1NCCNC1OCCB(O)O. The first-order valence-electron chi connectivity index (χ1n) is 4.78. The van der Waals surface area contributed by atoms with Crippen molar-refractivity contribution in [2.75, 3.05) is 19.7 Å². The third-order valence-electron chi connectivity index (χ3n) is 2.08. The number of hydrogen-bond donors (Lipinski definition) is 5. The molecular formula is C7H15BN2O5. The monoisotopic (exact) mass is 218 g/mol. The van der Waals surface area contributed by atoms with Crippen molar-refractivity contribution in [3.8, 4) is 0 Å². The lowest BCUT2D eigenvalue weighted by Gasteiger charge is -2.30. The van der Waals surface area contributed by atoms with Crippen LogP contribution in [0.1, 0.15) is 0 Å². The van der Waals surface area contributed by atoms with E-state index in [9.17, 15) is 4.79 Å². The molecule has 2 unspecified atom stereocenters. The van der Waals surface area contributed by atoms with Gasteiger partial charge in [0.2, 0.25) is 0 Å². The van der Waals surface area contributed by atoms with Crippen molar-refractivity contribution < 1.29 is 24.7 Å². The maximum Gasteiger partial charge on any atom is 0.453 e. The minimum absolute atomic E-state index is 0.0600. The van der Waals surface area contributed by atoms with E-state index in [4.69, 9.17) is 19.9 Å². The van der Waals surface area contributed by atoms with Crippen molar-refractivity contribution >= 4 is 13.1 Å². The van der Waals surface area contributed by atoms with Crippen LogP contribution in [0.5, 0.6) is 0 Å². The molecule has 1 rings (SSSR count). The molecule has 15 heavy (non-hydrogen) atoms. The molecule has 1 aliphatic heterocycles. The summed E-state index contributed by atoms with van der Waals surface area (Å²) in [5, 5.41) is 31.7. The third-order valence-corrected chi connectivity index (χ3v) is 2.08. The second kappa shape index (κ2) is 6.04. The van der Waals surface area contributed by atoms with Gasteiger partial charge < -0.3 is 19.9 Å². The van der Waals surface area contributed by atoms with Gasteiger partial charge in [-0.3, -0.25) is 15.4 Å². The first-order valence-corrected chi connectivity index (χ1v) is 4.78. The molecule has 0 aromatic heterocycles. The van der Waals surface area contributed by atoms with Gasteiger partial charge in [-0.2, -0.15) is 0 Å². The Balaban J connectivity index is 2.33. The molecule has 7 nitrogen and oxygen atoms in total. The molecule has 0 bridgehead atoms. The van der Waals surface area contributed by atoms with Gasteiger partial charge >= 0.3 is 13.1 Å². The number of carbonyl (C=O) groups is 1. The standard InChI is InChI=1S/C7H15BN2O5/c11-7(12)5-6(10-3-2-9-5)15-4-1-8(13)14/h5-6,9-10,13-14H,1-4H2,(H,11,12). The zero-order valence-corrected chi connectivity index (χ0v) is 8.22. The molecule has 0 aromatic rings. The van der Waals surface area contributed by atoms with Crippen LogP contribution in [0.25, 0.3) is 0 Å². The number of carboxylic acid groups (broad SMARTS) is 1. The molecule has 5 N–H and O–H groups in total. The second-order valence-electron chi connectivity index (χ2n) is 3.28. The Bertz CT molecular complexity index is 216. The molecule has 1 aliphatic rings. The Hall–Kier alpha value is -0.665. The number of aliphatic carboxylic acids is 1. The van der Waals surface area contributed by atoms with Gasteiger partial charge in [-0.1, -0.05) is 0 Å².